The molecule has 4 N–H and O–H groups in total. The highest BCUT2D eigenvalue weighted by Crippen LogP contribution is 2.49. The number of amides is 1. The maximum atomic E-state index is 11.9. The number of nitrogen functional groups attached to an aromatic ring is 1. The molecule has 9 heteroatoms. The van der Waals surface area contributed by atoms with Crippen LogP contribution in [0.4, 0.5) is 10.5 Å². The van der Waals surface area contributed by atoms with Gasteiger partial charge < -0.3 is 25.3 Å². The van der Waals surface area contributed by atoms with Gasteiger partial charge in [-0.05, 0) is 20.1 Å². The Labute approximate surface area is 143 Å². The van der Waals surface area contributed by atoms with E-state index in [2.05, 4.69) is 4.98 Å². The van der Waals surface area contributed by atoms with Gasteiger partial charge in [0.05, 0.1) is 17.8 Å². The first kappa shape index (κ1) is 17.0. The van der Waals surface area contributed by atoms with Crippen LogP contribution >= 0.6 is 11.8 Å². The molecule has 0 saturated carbocycles. The lowest BCUT2D eigenvalue weighted by Crippen LogP contribution is -2.44. The number of hydrogen-bond acceptors (Lipinski definition) is 6. The van der Waals surface area contributed by atoms with E-state index in [0.717, 1.165) is 0 Å². The SMILES string of the molecule is CSCC1C2OC(C)(C)OC2C(c2c[nH]c(C#N)c2N)N1C(=O)O. The van der Waals surface area contributed by atoms with E-state index < -0.39 is 24.0 Å². The maximum absolute atomic E-state index is 11.9. The van der Waals surface area contributed by atoms with Gasteiger partial charge in [0.15, 0.2) is 5.79 Å². The molecule has 3 rings (SSSR count). The van der Waals surface area contributed by atoms with E-state index in [4.69, 9.17) is 20.5 Å². The predicted octanol–water partition coefficient (Wildman–Crippen LogP) is 1.75. The van der Waals surface area contributed by atoms with Crippen molar-refractivity contribution >= 4 is 23.5 Å². The number of thioether (sulfide) groups is 1. The molecule has 0 radical (unpaired) electrons. The molecule has 4 atom stereocenters. The Balaban J connectivity index is 2.08. The number of carboxylic acid groups (broad SMARTS) is 1. The molecule has 3 heterocycles. The van der Waals surface area contributed by atoms with Crippen LogP contribution in [-0.4, -0.2) is 57.1 Å². The molecule has 130 valence electrons. The minimum atomic E-state index is -1.06. The Morgan fingerprint density at radius 3 is 2.75 bits per heavy atom. The van der Waals surface area contributed by atoms with E-state index >= 15 is 0 Å². The highest BCUT2D eigenvalue weighted by molar-refractivity contribution is 7.98. The molecule has 2 saturated heterocycles. The minimum absolute atomic E-state index is 0.221. The first-order valence-electron chi connectivity index (χ1n) is 7.53. The number of nitriles is 1. The Morgan fingerprint density at radius 2 is 2.21 bits per heavy atom. The summed E-state index contributed by atoms with van der Waals surface area (Å²) in [5.41, 5.74) is 7.08. The third kappa shape index (κ3) is 2.51. The standard InChI is InChI=1S/C15H20N4O4S/c1-15(2)22-12-9(6-24-3)19(14(20)21)11(13(12)23-15)7-5-18-8(4-16)10(7)17/h5,9,11-13,18H,6,17H2,1-3H3,(H,20,21). The molecular weight excluding hydrogens is 332 g/mol. The molecule has 1 aromatic rings. The maximum Gasteiger partial charge on any atom is 0.408 e. The minimum Gasteiger partial charge on any atom is -0.465 e. The normalized spacial score (nSPS) is 31.0. The van der Waals surface area contributed by atoms with Gasteiger partial charge in [-0.3, -0.25) is 4.90 Å². The molecule has 0 bridgehead atoms. The molecule has 1 amide bonds. The van der Waals surface area contributed by atoms with Crippen LogP contribution in [0.1, 0.15) is 31.1 Å². The number of fused-ring (bicyclic) bond motifs is 1. The zero-order valence-corrected chi connectivity index (χ0v) is 14.5. The molecule has 4 unspecified atom stereocenters. The van der Waals surface area contributed by atoms with Gasteiger partial charge in [0.25, 0.3) is 0 Å². The summed E-state index contributed by atoms with van der Waals surface area (Å²) >= 11 is 1.55. The average Bonchev–Trinajstić information content (AvgIpc) is 3.09. The van der Waals surface area contributed by atoms with Crippen molar-refractivity contribution < 1.29 is 19.4 Å². The van der Waals surface area contributed by atoms with Crippen molar-refractivity contribution in [3.63, 3.8) is 0 Å². The second kappa shape index (κ2) is 5.88. The van der Waals surface area contributed by atoms with Gasteiger partial charge in [-0.1, -0.05) is 0 Å². The second-order valence-electron chi connectivity index (χ2n) is 6.37. The van der Waals surface area contributed by atoms with Crippen LogP contribution in [0.3, 0.4) is 0 Å². The van der Waals surface area contributed by atoms with Gasteiger partial charge in [-0.25, -0.2) is 4.79 Å². The van der Waals surface area contributed by atoms with Crippen LogP contribution in [-0.2, 0) is 9.47 Å². The van der Waals surface area contributed by atoms with Gasteiger partial charge in [-0.15, -0.1) is 0 Å². The van der Waals surface area contributed by atoms with Crippen LogP contribution in [0.5, 0.6) is 0 Å². The fourth-order valence-corrected chi connectivity index (χ4v) is 4.29. The van der Waals surface area contributed by atoms with E-state index in [-0.39, 0.29) is 23.5 Å². The van der Waals surface area contributed by atoms with Crippen LogP contribution < -0.4 is 5.73 Å². The number of nitrogens with two attached hydrogens (primary N) is 1. The van der Waals surface area contributed by atoms with E-state index in [0.29, 0.717) is 11.3 Å². The number of aromatic amines is 1. The largest absolute Gasteiger partial charge is 0.465 e. The summed E-state index contributed by atoms with van der Waals surface area (Å²) in [6.07, 6.45) is 1.59. The molecule has 0 aromatic carbocycles. The first-order chi connectivity index (χ1) is 11.3. The lowest BCUT2D eigenvalue weighted by molar-refractivity contribution is -0.164. The number of hydrogen-bond donors (Lipinski definition) is 3. The zero-order chi connectivity index (χ0) is 17.6. The van der Waals surface area contributed by atoms with Crippen LogP contribution in [0.25, 0.3) is 0 Å². The van der Waals surface area contributed by atoms with Gasteiger partial charge in [0.1, 0.15) is 24.0 Å². The molecule has 24 heavy (non-hydrogen) atoms. The van der Waals surface area contributed by atoms with Gasteiger partial charge >= 0.3 is 6.09 Å². The predicted molar refractivity (Wildman–Crippen MR) is 88.5 cm³/mol. The van der Waals surface area contributed by atoms with Gasteiger partial charge in [-0.2, -0.15) is 17.0 Å². The number of anilines is 1. The Bertz CT molecular complexity index is 698. The summed E-state index contributed by atoms with van der Waals surface area (Å²) < 4.78 is 12.0. The number of H-pyrrole nitrogens is 1. The number of ether oxygens (including phenoxy) is 2. The molecule has 2 aliphatic heterocycles. The molecule has 0 spiro atoms. The smallest absolute Gasteiger partial charge is 0.408 e. The van der Waals surface area contributed by atoms with Crippen molar-refractivity contribution in [1.82, 2.24) is 9.88 Å². The Hall–Kier alpha value is -1.89. The lowest BCUT2D eigenvalue weighted by Gasteiger charge is -2.32. The van der Waals surface area contributed by atoms with Crippen LogP contribution in [0, 0.1) is 11.3 Å². The molecule has 8 nitrogen and oxygen atoms in total. The van der Waals surface area contributed by atoms with Crippen molar-refractivity contribution in [3.05, 3.63) is 17.5 Å². The fourth-order valence-electron chi connectivity index (χ4n) is 3.60. The summed E-state index contributed by atoms with van der Waals surface area (Å²) in [7, 11) is 0. The number of aromatic nitrogens is 1. The quantitative estimate of drug-likeness (QED) is 0.757. The second-order valence-corrected chi connectivity index (χ2v) is 7.28. The molecular formula is C15H20N4O4S. The van der Waals surface area contributed by atoms with Crippen molar-refractivity contribution in [1.29, 1.82) is 5.26 Å². The summed E-state index contributed by atoms with van der Waals surface area (Å²) in [6, 6.07) is 1.000. The number of carbonyl (C=O) groups is 1. The summed E-state index contributed by atoms with van der Waals surface area (Å²) in [5, 5.41) is 18.9. The molecule has 2 fully saturated rings. The monoisotopic (exact) mass is 352 g/mol. The molecule has 0 aliphatic carbocycles. The van der Waals surface area contributed by atoms with E-state index in [1.54, 1.807) is 18.0 Å². The van der Waals surface area contributed by atoms with Crippen molar-refractivity contribution in [3.8, 4) is 6.07 Å². The third-order valence-electron chi connectivity index (χ3n) is 4.45. The third-order valence-corrected chi connectivity index (χ3v) is 5.13. The van der Waals surface area contributed by atoms with Crippen molar-refractivity contribution in [2.75, 3.05) is 17.7 Å². The highest BCUT2D eigenvalue weighted by Gasteiger charge is 2.60. The number of nitrogens with one attached hydrogen (secondary N) is 1. The number of nitrogens with zero attached hydrogens (tertiary/aromatic N) is 2. The van der Waals surface area contributed by atoms with E-state index in [9.17, 15) is 9.90 Å². The lowest BCUT2D eigenvalue weighted by atomic mass is 10.0. The fraction of sp³-hybridized carbons (Fsp3) is 0.600. The summed E-state index contributed by atoms with van der Waals surface area (Å²) in [6.45, 7) is 3.62. The summed E-state index contributed by atoms with van der Waals surface area (Å²) in [5.74, 6) is -0.212. The van der Waals surface area contributed by atoms with Crippen LogP contribution in [0.2, 0.25) is 0 Å². The van der Waals surface area contributed by atoms with E-state index in [1.807, 2.05) is 26.2 Å². The van der Waals surface area contributed by atoms with E-state index in [1.165, 1.54) is 4.90 Å². The summed E-state index contributed by atoms with van der Waals surface area (Å²) in [4.78, 5) is 16.1. The molecule has 2 aliphatic rings. The number of rotatable bonds is 3. The average molecular weight is 352 g/mol. The topological polar surface area (TPSA) is 125 Å². The Morgan fingerprint density at radius 1 is 1.54 bits per heavy atom. The van der Waals surface area contributed by atoms with Crippen molar-refractivity contribution in [2.24, 2.45) is 0 Å². The Kier molecular flexibility index (Phi) is 4.15. The number of likely N-dealkylation sites (tertiary alicyclic amines) is 1. The van der Waals surface area contributed by atoms with Gasteiger partial charge in [0.2, 0.25) is 0 Å². The zero-order valence-electron chi connectivity index (χ0n) is 13.6. The van der Waals surface area contributed by atoms with Crippen molar-refractivity contribution in [2.45, 2.75) is 43.9 Å². The highest BCUT2D eigenvalue weighted by atomic mass is 32.2. The van der Waals surface area contributed by atoms with Crippen LogP contribution in [0.15, 0.2) is 6.20 Å². The van der Waals surface area contributed by atoms with Gasteiger partial charge in [0, 0.05) is 17.5 Å². The first-order valence-corrected chi connectivity index (χ1v) is 8.92. The molecule has 1 aromatic heterocycles.